The minimum Gasteiger partial charge on any atom is -0.483 e. The first-order valence-electron chi connectivity index (χ1n) is 11.2. The molecule has 4 rings (SSSR count). The standard InChI is InChI=1S/C25H26ClN3O4S/c1-2-3-21-25(32)28(10-11-29(21)24(31)15-33-20-12-22(26)34-16-20)14-17-4-6-18(7-5-17)19-8-9-23(30)27-13-19/h4-9,12-13,16,21H,2-3,10-11,14-15H2,1H3,(H,27,30). The molecule has 1 atom stereocenters. The summed E-state index contributed by atoms with van der Waals surface area (Å²) in [5, 5.41) is 1.75. The van der Waals surface area contributed by atoms with Crippen LogP contribution in [0.1, 0.15) is 25.3 Å². The quantitative estimate of drug-likeness (QED) is 0.504. The van der Waals surface area contributed by atoms with Gasteiger partial charge in [-0.2, -0.15) is 0 Å². The third-order valence-electron chi connectivity index (χ3n) is 5.82. The van der Waals surface area contributed by atoms with Gasteiger partial charge in [0.15, 0.2) is 6.61 Å². The fourth-order valence-electron chi connectivity index (χ4n) is 4.06. The van der Waals surface area contributed by atoms with Crippen LogP contribution in [0.5, 0.6) is 5.75 Å². The zero-order chi connectivity index (χ0) is 24.1. The molecule has 0 aliphatic carbocycles. The Labute approximate surface area is 206 Å². The largest absolute Gasteiger partial charge is 0.483 e. The lowest BCUT2D eigenvalue weighted by Crippen LogP contribution is -2.59. The molecule has 2 aromatic heterocycles. The summed E-state index contributed by atoms with van der Waals surface area (Å²) in [6, 6.07) is 12.4. The highest BCUT2D eigenvalue weighted by molar-refractivity contribution is 7.14. The fraction of sp³-hybridized carbons (Fsp3) is 0.320. The maximum atomic E-state index is 13.3. The van der Waals surface area contributed by atoms with Crippen LogP contribution < -0.4 is 10.3 Å². The molecule has 3 heterocycles. The number of rotatable bonds is 8. The van der Waals surface area contributed by atoms with Crippen LogP contribution in [-0.2, 0) is 16.1 Å². The lowest BCUT2D eigenvalue weighted by molar-refractivity contribution is -0.153. The molecule has 0 bridgehead atoms. The summed E-state index contributed by atoms with van der Waals surface area (Å²) in [6.45, 7) is 3.31. The molecule has 1 aromatic carbocycles. The second-order valence-electron chi connectivity index (χ2n) is 8.17. The highest BCUT2D eigenvalue weighted by Crippen LogP contribution is 2.26. The number of nitrogens with one attached hydrogen (secondary N) is 1. The second kappa shape index (κ2) is 10.9. The van der Waals surface area contributed by atoms with E-state index in [1.165, 1.54) is 17.4 Å². The molecule has 1 unspecified atom stereocenters. The van der Waals surface area contributed by atoms with Crippen LogP contribution in [-0.4, -0.2) is 52.3 Å². The molecule has 3 aromatic rings. The number of nitrogens with zero attached hydrogens (tertiary/aromatic N) is 2. The van der Waals surface area contributed by atoms with Gasteiger partial charge in [-0.3, -0.25) is 14.4 Å². The van der Waals surface area contributed by atoms with Crippen molar-refractivity contribution in [1.82, 2.24) is 14.8 Å². The molecule has 34 heavy (non-hydrogen) atoms. The molecule has 0 saturated carbocycles. The van der Waals surface area contributed by atoms with Crippen LogP contribution in [0.25, 0.3) is 11.1 Å². The van der Waals surface area contributed by atoms with Crippen LogP contribution in [0.2, 0.25) is 4.34 Å². The Kier molecular flexibility index (Phi) is 7.70. The number of ether oxygens (including phenoxy) is 1. The van der Waals surface area contributed by atoms with E-state index < -0.39 is 6.04 Å². The fourth-order valence-corrected chi connectivity index (χ4v) is 4.85. The van der Waals surface area contributed by atoms with E-state index in [9.17, 15) is 14.4 Å². The second-order valence-corrected chi connectivity index (χ2v) is 9.71. The van der Waals surface area contributed by atoms with E-state index in [4.69, 9.17) is 16.3 Å². The molecule has 1 N–H and O–H groups in total. The molecule has 0 radical (unpaired) electrons. The van der Waals surface area contributed by atoms with Crippen molar-refractivity contribution in [1.29, 1.82) is 0 Å². The third kappa shape index (κ3) is 5.69. The average Bonchev–Trinajstić information content (AvgIpc) is 3.26. The Morgan fingerprint density at radius 2 is 1.91 bits per heavy atom. The number of aromatic nitrogens is 1. The van der Waals surface area contributed by atoms with Gasteiger partial charge in [0, 0.05) is 43.3 Å². The van der Waals surface area contributed by atoms with E-state index in [0.717, 1.165) is 23.1 Å². The zero-order valence-corrected chi connectivity index (χ0v) is 20.4. The van der Waals surface area contributed by atoms with Crippen LogP contribution in [0.3, 0.4) is 0 Å². The Hall–Kier alpha value is -3.10. The van der Waals surface area contributed by atoms with Crippen molar-refractivity contribution >= 4 is 34.8 Å². The zero-order valence-electron chi connectivity index (χ0n) is 18.8. The van der Waals surface area contributed by atoms with Crippen molar-refractivity contribution in [2.45, 2.75) is 32.4 Å². The molecule has 1 fully saturated rings. The van der Waals surface area contributed by atoms with Gasteiger partial charge >= 0.3 is 0 Å². The number of H-pyrrole nitrogens is 1. The van der Waals surface area contributed by atoms with Crippen molar-refractivity contribution in [3.05, 3.63) is 74.3 Å². The summed E-state index contributed by atoms with van der Waals surface area (Å²) in [6.07, 6.45) is 3.09. The van der Waals surface area contributed by atoms with E-state index in [-0.39, 0.29) is 24.0 Å². The molecule has 1 aliphatic heterocycles. The topological polar surface area (TPSA) is 82.7 Å². The average molecular weight is 500 g/mol. The smallest absolute Gasteiger partial charge is 0.261 e. The number of thiophene rings is 1. The molecule has 1 saturated heterocycles. The number of benzene rings is 1. The SMILES string of the molecule is CCCC1C(=O)N(Cc2ccc(-c3ccc(=O)[nH]c3)cc2)CCN1C(=O)COc1csc(Cl)c1. The summed E-state index contributed by atoms with van der Waals surface area (Å²) in [7, 11) is 0. The molecular weight excluding hydrogens is 474 g/mol. The first-order chi connectivity index (χ1) is 16.4. The minimum absolute atomic E-state index is 0.0373. The molecule has 2 amide bonds. The summed E-state index contributed by atoms with van der Waals surface area (Å²) < 4.78 is 6.17. The highest BCUT2D eigenvalue weighted by atomic mass is 35.5. The van der Waals surface area contributed by atoms with Crippen LogP contribution >= 0.6 is 22.9 Å². The predicted octanol–water partition coefficient (Wildman–Crippen LogP) is 4.18. The number of hydrogen-bond acceptors (Lipinski definition) is 5. The maximum absolute atomic E-state index is 13.3. The molecular formula is C25H26ClN3O4S. The van der Waals surface area contributed by atoms with Crippen molar-refractivity contribution < 1.29 is 14.3 Å². The van der Waals surface area contributed by atoms with Gasteiger partial charge in [-0.1, -0.05) is 49.2 Å². The predicted molar refractivity (Wildman–Crippen MR) is 133 cm³/mol. The van der Waals surface area contributed by atoms with Crippen molar-refractivity contribution in [3.8, 4) is 16.9 Å². The van der Waals surface area contributed by atoms with Crippen LogP contribution in [0.15, 0.2) is 58.8 Å². The maximum Gasteiger partial charge on any atom is 0.261 e. The van der Waals surface area contributed by atoms with E-state index in [0.29, 0.717) is 36.1 Å². The van der Waals surface area contributed by atoms with Crippen LogP contribution in [0, 0.1) is 0 Å². The van der Waals surface area contributed by atoms with Gasteiger partial charge < -0.3 is 19.5 Å². The van der Waals surface area contributed by atoms with E-state index in [1.807, 2.05) is 36.1 Å². The normalized spacial score (nSPS) is 16.1. The van der Waals surface area contributed by atoms with Crippen molar-refractivity contribution in [2.75, 3.05) is 19.7 Å². The van der Waals surface area contributed by atoms with Crippen molar-refractivity contribution in [3.63, 3.8) is 0 Å². The van der Waals surface area contributed by atoms with Gasteiger partial charge in [0.05, 0.1) is 4.34 Å². The van der Waals surface area contributed by atoms with E-state index >= 15 is 0 Å². The van der Waals surface area contributed by atoms with Crippen LogP contribution in [0.4, 0.5) is 0 Å². The molecule has 1 aliphatic rings. The third-order valence-corrected chi connectivity index (χ3v) is 6.89. The summed E-state index contributed by atoms with van der Waals surface area (Å²) >= 11 is 7.26. The first-order valence-corrected chi connectivity index (χ1v) is 12.4. The monoisotopic (exact) mass is 499 g/mol. The number of piperazine rings is 1. The Balaban J connectivity index is 1.39. The molecule has 9 heteroatoms. The summed E-state index contributed by atoms with van der Waals surface area (Å²) in [5.74, 6) is 0.328. The minimum atomic E-state index is -0.485. The van der Waals surface area contributed by atoms with Gasteiger partial charge in [0.25, 0.3) is 5.91 Å². The van der Waals surface area contributed by atoms with Gasteiger partial charge in [-0.15, -0.1) is 11.3 Å². The molecule has 0 spiro atoms. The van der Waals surface area contributed by atoms with E-state index in [1.54, 1.807) is 28.6 Å². The van der Waals surface area contributed by atoms with Crippen molar-refractivity contribution in [2.24, 2.45) is 0 Å². The Bertz CT molecular complexity index is 1190. The number of halogens is 1. The Morgan fingerprint density at radius 1 is 1.15 bits per heavy atom. The number of aromatic amines is 1. The summed E-state index contributed by atoms with van der Waals surface area (Å²) in [4.78, 5) is 43.5. The number of carbonyl (C=O) groups is 2. The lowest BCUT2D eigenvalue weighted by atomic mass is 10.0. The summed E-state index contributed by atoms with van der Waals surface area (Å²) in [5.41, 5.74) is 2.77. The molecule has 7 nitrogen and oxygen atoms in total. The van der Waals surface area contributed by atoms with Gasteiger partial charge in [0.2, 0.25) is 11.5 Å². The van der Waals surface area contributed by atoms with E-state index in [2.05, 4.69) is 4.98 Å². The Morgan fingerprint density at radius 3 is 2.56 bits per heavy atom. The highest BCUT2D eigenvalue weighted by Gasteiger charge is 2.36. The number of hydrogen-bond donors (Lipinski definition) is 1. The first kappa shape index (κ1) is 24.0. The number of carbonyl (C=O) groups excluding carboxylic acids is 2. The lowest BCUT2D eigenvalue weighted by Gasteiger charge is -2.40. The number of pyridine rings is 1. The van der Waals surface area contributed by atoms with Gasteiger partial charge in [0.1, 0.15) is 11.8 Å². The van der Waals surface area contributed by atoms with Gasteiger partial charge in [-0.05, 0) is 29.2 Å². The van der Waals surface area contributed by atoms with Gasteiger partial charge in [-0.25, -0.2) is 0 Å². The number of amides is 2. The molecule has 178 valence electrons.